The van der Waals surface area contributed by atoms with E-state index in [0.717, 1.165) is 17.1 Å². The molecule has 21 heavy (non-hydrogen) atoms. The number of hydrogen-bond acceptors (Lipinski definition) is 4. The predicted octanol–water partition coefficient (Wildman–Crippen LogP) is 3.00. The van der Waals surface area contributed by atoms with E-state index in [9.17, 15) is 4.79 Å². The summed E-state index contributed by atoms with van der Waals surface area (Å²) >= 11 is 0. The number of carbonyl (C=O) groups excluding carboxylic acids is 1. The maximum atomic E-state index is 11.5. The standard InChI is InChI=1S/C16H21NO4/c1-16(2,3)21-15(18)17-8-4-5-12-6-7-13-14(11-12)20-10-9-19-13/h4-7,11H,8-10H2,1-3H3,(H,17,18). The fraction of sp³-hybridized carbons (Fsp3) is 0.438. The van der Waals surface area contributed by atoms with E-state index in [-0.39, 0.29) is 0 Å². The Balaban J connectivity index is 1.83. The lowest BCUT2D eigenvalue weighted by atomic mass is 10.2. The molecular formula is C16H21NO4. The van der Waals surface area contributed by atoms with Crippen LogP contribution in [0.1, 0.15) is 26.3 Å². The van der Waals surface area contributed by atoms with Gasteiger partial charge in [-0.15, -0.1) is 0 Å². The predicted molar refractivity (Wildman–Crippen MR) is 80.7 cm³/mol. The third kappa shape index (κ3) is 5.02. The van der Waals surface area contributed by atoms with Gasteiger partial charge >= 0.3 is 6.09 Å². The molecule has 0 aromatic heterocycles. The van der Waals surface area contributed by atoms with E-state index in [1.807, 2.05) is 51.1 Å². The summed E-state index contributed by atoms with van der Waals surface area (Å²) in [5, 5.41) is 2.67. The molecule has 0 fully saturated rings. The van der Waals surface area contributed by atoms with Crippen LogP contribution in [-0.4, -0.2) is 31.5 Å². The molecule has 0 spiro atoms. The lowest BCUT2D eigenvalue weighted by molar-refractivity contribution is 0.0534. The minimum absolute atomic E-state index is 0.406. The average molecular weight is 291 g/mol. The van der Waals surface area contributed by atoms with E-state index in [4.69, 9.17) is 14.2 Å². The number of amides is 1. The highest BCUT2D eigenvalue weighted by Crippen LogP contribution is 2.30. The molecule has 5 nitrogen and oxygen atoms in total. The van der Waals surface area contributed by atoms with Crippen molar-refractivity contribution in [2.24, 2.45) is 0 Å². The topological polar surface area (TPSA) is 56.8 Å². The molecule has 5 heteroatoms. The second-order valence-electron chi connectivity index (χ2n) is 5.69. The normalized spacial score (nSPS) is 14.0. The monoisotopic (exact) mass is 291 g/mol. The molecule has 1 aliphatic heterocycles. The summed E-state index contributed by atoms with van der Waals surface area (Å²) < 4.78 is 16.1. The Hall–Kier alpha value is -2.17. The molecule has 0 saturated carbocycles. The fourth-order valence-electron chi connectivity index (χ4n) is 1.82. The van der Waals surface area contributed by atoms with Gasteiger partial charge < -0.3 is 19.5 Å². The summed E-state index contributed by atoms with van der Waals surface area (Å²) in [6.45, 7) is 7.05. The first kappa shape index (κ1) is 15.2. The quantitative estimate of drug-likeness (QED) is 0.930. The largest absolute Gasteiger partial charge is 0.486 e. The highest BCUT2D eigenvalue weighted by molar-refractivity contribution is 5.68. The number of nitrogens with one attached hydrogen (secondary N) is 1. The molecule has 2 rings (SSSR count). The Bertz CT molecular complexity index is 532. The SMILES string of the molecule is CC(C)(C)OC(=O)NCC=Cc1ccc2c(c1)OCCO2. The zero-order chi connectivity index (χ0) is 15.3. The summed E-state index contributed by atoms with van der Waals surface area (Å²) in [5.74, 6) is 1.52. The van der Waals surface area contributed by atoms with E-state index in [0.29, 0.717) is 19.8 Å². The first-order valence-electron chi connectivity index (χ1n) is 6.97. The molecule has 0 atom stereocenters. The summed E-state index contributed by atoms with van der Waals surface area (Å²) in [6.07, 6.45) is 3.35. The van der Waals surface area contributed by atoms with Crippen molar-refractivity contribution in [3.63, 3.8) is 0 Å². The van der Waals surface area contributed by atoms with Crippen LogP contribution < -0.4 is 14.8 Å². The Morgan fingerprint density at radius 1 is 1.29 bits per heavy atom. The molecule has 1 amide bonds. The van der Waals surface area contributed by atoms with Gasteiger partial charge in [0.2, 0.25) is 0 Å². The van der Waals surface area contributed by atoms with Crippen LogP contribution in [0.2, 0.25) is 0 Å². The zero-order valence-electron chi connectivity index (χ0n) is 12.6. The number of carbonyl (C=O) groups is 1. The molecule has 1 heterocycles. The molecule has 0 bridgehead atoms. The van der Waals surface area contributed by atoms with Gasteiger partial charge in [-0.2, -0.15) is 0 Å². The van der Waals surface area contributed by atoms with Crippen molar-refractivity contribution in [3.8, 4) is 11.5 Å². The van der Waals surface area contributed by atoms with Gasteiger partial charge in [0.15, 0.2) is 11.5 Å². The van der Waals surface area contributed by atoms with Crippen molar-refractivity contribution in [1.82, 2.24) is 5.32 Å². The molecular weight excluding hydrogens is 270 g/mol. The summed E-state index contributed by atoms with van der Waals surface area (Å²) in [5.41, 5.74) is 0.508. The smallest absolute Gasteiger partial charge is 0.407 e. The maximum absolute atomic E-state index is 11.5. The van der Waals surface area contributed by atoms with Gasteiger partial charge in [0.25, 0.3) is 0 Å². The lowest BCUT2D eigenvalue weighted by Gasteiger charge is -2.19. The van der Waals surface area contributed by atoms with Crippen LogP contribution in [0, 0.1) is 0 Å². The van der Waals surface area contributed by atoms with Crippen molar-refractivity contribution >= 4 is 12.2 Å². The highest BCUT2D eigenvalue weighted by atomic mass is 16.6. The van der Waals surface area contributed by atoms with E-state index in [1.165, 1.54) is 0 Å². The summed E-state index contributed by atoms with van der Waals surface area (Å²) in [7, 11) is 0. The first-order chi connectivity index (χ1) is 9.94. The average Bonchev–Trinajstić information content (AvgIpc) is 2.41. The molecule has 1 aromatic carbocycles. The lowest BCUT2D eigenvalue weighted by Crippen LogP contribution is -2.32. The van der Waals surface area contributed by atoms with Crippen molar-refractivity contribution < 1.29 is 19.0 Å². The van der Waals surface area contributed by atoms with Crippen molar-refractivity contribution in [1.29, 1.82) is 0 Å². The van der Waals surface area contributed by atoms with Crippen LogP contribution in [0.4, 0.5) is 4.79 Å². The van der Waals surface area contributed by atoms with Crippen molar-refractivity contribution in [2.75, 3.05) is 19.8 Å². The minimum atomic E-state index is -0.483. The number of rotatable bonds is 3. The number of fused-ring (bicyclic) bond motifs is 1. The van der Waals surface area contributed by atoms with Gasteiger partial charge in [-0.1, -0.05) is 18.2 Å². The van der Waals surface area contributed by atoms with E-state index < -0.39 is 11.7 Å². The van der Waals surface area contributed by atoms with Gasteiger partial charge in [0.05, 0.1) is 0 Å². The van der Waals surface area contributed by atoms with Gasteiger partial charge in [0, 0.05) is 6.54 Å². The molecule has 0 saturated heterocycles. The third-order valence-electron chi connectivity index (χ3n) is 2.64. The minimum Gasteiger partial charge on any atom is -0.486 e. The second-order valence-corrected chi connectivity index (χ2v) is 5.69. The van der Waals surface area contributed by atoms with Crippen LogP contribution in [0.15, 0.2) is 24.3 Å². The third-order valence-corrected chi connectivity index (χ3v) is 2.64. The zero-order valence-corrected chi connectivity index (χ0v) is 12.6. The molecule has 1 N–H and O–H groups in total. The first-order valence-corrected chi connectivity index (χ1v) is 6.97. The fourth-order valence-corrected chi connectivity index (χ4v) is 1.82. The highest BCUT2D eigenvalue weighted by Gasteiger charge is 2.15. The number of alkyl carbamates (subject to hydrolysis) is 1. The molecule has 1 aliphatic rings. The maximum Gasteiger partial charge on any atom is 0.407 e. The van der Waals surface area contributed by atoms with Gasteiger partial charge in [-0.25, -0.2) is 4.79 Å². The van der Waals surface area contributed by atoms with Crippen molar-refractivity contribution in [3.05, 3.63) is 29.8 Å². The Morgan fingerprint density at radius 3 is 2.71 bits per heavy atom. The van der Waals surface area contributed by atoms with Crippen LogP contribution >= 0.6 is 0 Å². The number of hydrogen-bond donors (Lipinski definition) is 1. The molecule has 0 radical (unpaired) electrons. The Labute approximate surface area is 124 Å². The Morgan fingerprint density at radius 2 is 2.00 bits per heavy atom. The molecule has 1 aromatic rings. The van der Waals surface area contributed by atoms with Crippen LogP contribution in [0.5, 0.6) is 11.5 Å². The van der Waals surface area contributed by atoms with Crippen LogP contribution in [-0.2, 0) is 4.74 Å². The number of benzene rings is 1. The van der Waals surface area contributed by atoms with Crippen molar-refractivity contribution in [2.45, 2.75) is 26.4 Å². The van der Waals surface area contributed by atoms with Crippen LogP contribution in [0.3, 0.4) is 0 Å². The summed E-state index contributed by atoms with van der Waals surface area (Å²) in [4.78, 5) is 11.5. The molecule has 114 valence electrons. The van der Waals surface area contributed by atoms with Gasteiger partial charge in [0.1, 0.15) is 18.8 Å². The van der Waals surface area contributed by atoms with E-state index in [2.05, 4.69) is 5.32 Å². The van der Waals surface area contributed by atoms with Gasteiger partial charge in [-0.05, 0) is 38.5 Å². The second kappa shape index (κ2) is 6.52. The van der Waals surface area contributed by atoms with E-state index >= 15 is 0 Å². The van der Waals surface area contributed by atoms with Gasteiger partial charge in [-0.3, -0.25) is 0 Å². The molecule has 0 unspecified atom stereocenters. The summed E-state index contributed by atoms with van der Waals surface area (Å²) in [6, 6.07) is 5.74. The molecule has 0 aliphatic carbocycles. The van der Waals surface area contributed by atoms with Crippen LogP contribution in [0.25, 0.3) is 6.08 Å². The Kier molecular flexibility index (Phi) is 4.73. The number of ether oxygens (including phenoxy) is 3. The van der Waals surface area contributed by atoms with E-state index in [1.54, 1.807) is 0 Å².